The van der Waals surface area contributed by atoms with Crippen molar-refractivity contribution >= 4 is 17.6 Å². The third-order valence-corrected chi connectivity index (χ3v) is 2.50. The van der Waals surface area contributed by atoms with Crippen LogP contribution in [0, 0.1) is 0 Å². The molecule has 1 rings (SSSR count). The molecule has 0 saturated heterocycles. The summed E-state index contributed by atoms with van der Waals surface area (Å²) in [5.41, 5.74) is 1.05. The van der Waals surface area contributed by atoms with Crippen molar-refractivity contribution in [1.29, 1.82) is 0 Å². The van der Waals surface area contributed by atoms with Gasteiger partial charge in [0.2, 0.25) is 0 Å². The first kappa shape index (κ1) is 14.0. The average Bonchev–Trinajstić information content (AvgIpc) is 2.25. The van der Waals surface area contributed by atoms with Gasteiger partial charge in [0.15, 0.2) is 0 Å². The second kappa shape index (κ2) is 6.62. The fourth-order valence-corrected chi connectivity index (χ4v) is 1.63. The first-order valence-corrected chi connectivity index (χ1v) is 6.05. The van der Waals surface area contributed by atoms with Crippen molar-refractivity contribution in [2.24, 2.45) is 0 Å². The number of carbonyl (C=O) groups is 1. The number of benzene rings is 1. The fourth-order valence-electron chi connectivity index (χ4n) is 1.43. The van der Waals surface area contributed by atoms with Gasteiger partial charge in [-0.2, -0.15) is 0 Å². The summed E-state index contributed by atoms with van der Waals surface area (Å²) >= 11 is 5.90. The van der Waals surface area contributed by atoms with Crippen LogP contribution in [0.4, 0.5) is 0 Å². The smallest absolute Gasteiger partial charge is 0.320 e. The monoisotopic (exact) mass is 255 g/mol. The van der Waals surface area contributed by atoms with E-state index in [-0.39, 0.29) is 24.7 Å². The summed E-state index contributed by atoms with van der Waals surface area (Å²) in [6.07, 6.45) is -0.0780. The number of rotatable bonds is 5. The van der Waals surface area contributed by atoms with E-state index in [4.69, 9.17) is 16.3 Å². The normalized spacial score (nSPS) is 12.5. The van der Waals surface area contributed by atoms with E-state index in [0.29, 0.717) is 5.02 Å². The van der Waals surface area contributed by atoms with E-state index in [0.717, 1.165) is 5.56 Å². The molecule has 94 valence electrons. The minimum Gasteiger partial charge on any atom is -0.462 e. The minimum atomic E-state index is -0.242. The summed E-state index contributed by atoms with van der Waals surface area (Å²) in [5, 5.41) is 3.79. The van der Waals surface area contributed by atoms with Gasteiger partial charge in [0.05, 0.1) is 12.6 Å². The Bertz CT molecular complexity index is 379. The van der Waals surface area contributed by atoms with Gasteiger partial charge in [-0.15, -0.1) is 0 Å². The van der Waals surface area contributed by atoms with Gasteiger partial charge in [0.25, 0.3) is 0 Å². The minimum absolute atomic E-state index is 0.0633. The molecular formula is C13H18ClNO2. The molecule has 17 heavy (non-hydrogen) atoms. The highest BCUT2D eigenvalue weighted by molar-refractivity contribution is 6.30. The third kappa shape index (κ3) is 5.20. The summed E-state index contributed by atoms with van der Waals surface area (Å²) < 4.78 is 5.03. The molecule has 0 saturated carbocycles. The van der Waals surface area contributed by atoms with Crippen molar-refractivity contribution in [3.63, 3.8) is 0 Å². The number of esters is 1. The molecule has 1 atom stereocenters. The van der Waals surface area contributed by atoms with Crippen LogP contribution in [-0.2, 0) is 9.53 Å². The van der Waals surface area contributed by atoms with E-state index >= 15 is 0 Å². The van der Waals surface area contributed by atoms with Crippen molar-refractivity contribution in [3.8, 4) is 0 Å². The Kier molecular flexibility index (Phi) is 5.45. The van der Waals surface area contributed by atoms with E-state index in [2.05, 4.69) is 5.32 Å². The molecule has 1 aromatic carbocycles. The fraction of sp³-hybridized carbons (Fsp3) is 0.462. The zero-order valence-electron chi connectivity index (χ0n) is 10.4. The third-order valence-electron chi connectivity index (χ3n) is 2.27. The number of ether oxygens (including phenoxy) is 1. The molecule has 0 unspecified atom stereocenters. The van der Waals surface area contributed by atoms with Crippen molar-refractivity contribution in [3.05, 3.63) is 34.9 Å². The molecule has 0 aliphatic heterocycles. The molecule has 0 amide bonds. The Morgan fingerprint density at radius 3 is 2.71 bits per heavy atom. The van der Waals surface area contributed by atoms with Crippen molar-refractivity contribution in [2.75, 3.05) is 6.54 Å². The maximum absolute atomic E-state index is 11.3. The predicted molar refractivity (Wildman–Crippen MR) is 69.1 cm³/mol. The largest absolute Gasteiger partial charge is 0.462 e. The number of carbonyl (C=O) groups excluding carboxylic acids is 1. The zero-order chi connectivity index (χ0) is 12.8. The molecule has 0 radical (unpaired) electrons. The lowest BCUT2D eigenvalue weighted by molar-refractivity contribution is -0.146. The van der Waals surface area contributed by atoms with Crippen LogP contribution in [-0.4, -0.2) is 18.6 Å². The van der Waals surface area contributed by atoms with Gasteiger partial charge in [0, 0.05) is 11.1 Å². The first-order chi connectivity index (χ1) is 7.99. The Labute approximate surface area is 107 Å². The average molecular weight is 256 g/mol. The molecular weight excluding hydrogens is 238 g/mol. The van der Waals surface area contributed by atoms with Crippen molar-refractivity contribution < 1.29 is 9.53 Å². The summed E-state index contributed by atoms with van der Waals surface area (Å²) in [6, 6.07) is 7.63. The Hall–Kier alpha value is -1.06. The highest BCUT2D eigenvalue weighted by Crippen LogP contribution is 2.16. The van der Waals surface area contributed by atoms with E-state index in [9.17, 15) is 4.79 Å². The standard InChI is InChI=1S/C13H18ClNO2/c1-9(2)17-13(16)8-15-10(3)11-5-4-6-12(14)7-11/h4-7,9-10,15H,8H2,1-3H3/t10-/m0/s1. The maximum atomic E-state index is 11.3. The van der Waals surface area contributed by atoms with E-state index in [1.807, 2.05) is 45.0 Å². The summed E-state index contributed by atoms with van der Waals surface area (Å²) in [4.78, 5) is 11.3. The molecule has 0 aliphatic carbocycles. The molecule has 0 fully saturated rings. The van der Waals surface area contributed by atoms with Crippen LogP contribution in [0.2, 0.25) is 5.02 Å². The Balaban J connectivity index is 2.44. The molecule has 3 nitrogen and oxygen atoms in total. The molecule has 0 aromatic heterocycles. The Morgan fingerprint density at radius 2 is 2.12 bits per heavy atom. The number of hydrogen-bond acceptors (Lipinski definition) is 3. The Morgan fingerprint density at radius 1 is 1.41 bits per heavy atom. The van der Waals surface area contributed by atoms with Crippen molar-refractivity contribution in [1.82, 2.24) is 5.32 Å². The highest BCUT2D eigenvalue weighted by Gasteiger charge is 2.09. The molecule has 1 N–H and O–H groups in total. The summed E-state index contributed by atoms with van der Waals surface area (Å²) in [6.45, 7) is 5.84. The van der Waals surface area contributed by atoms with Gasteiger partial charge in [-0.1, -0.05) is 23.7 Å². The maximum Gasteiger partial charge on any atom is 0.320 e. The molecule has 4 heteroatoms. The van der Waals surface area contributed by atoms with Crippen molar-refractivity contribution in [2.45, 2.75) is 32.9 Å². The lowest BCUT2D eigenvalue weighted by Crippen LogP contribution is -2.28. The van der Waals surface area contributed by atoms with Crippen LogP contribution in [0.3, 0.4) is 0 Å². The quantitative estimate of drug-likeness (QED) is 0.822. The van der Waals surface area contributed by atoms with Crippen LogP contribution < -0.4 is 5.32 Å². The van der Waals surface area contributed by atoms with E-state index in [1.165, 1.54) is 0 Å². The van der Waals surface area contributed by atoms with Gasteiger partial charge in [0.1, 0.15) is 0 Å². The zero-order valence-corrected chi connectivity index (χ0v) is 11.1. The summed E-state index contributed by atoms with van der Waals surface area (Å²) in [7, 11) is 0. The lowest BCUT2D eigenvalue weighted by Gasteiger charge is -2.15. The molecule has 0 spiro atoms. The number of hydrogen-bond donors (Lipinski definition) is 1. The SMILES string of the molecule is CC(C)OC(=O)CN[C@@H](C)c1cccc(Cl)c1. The van der Waals surface area contributed by atoms with Crippen LogP contribution in [0.5, 0.6) is 0 Å². The van der Waals surface area contributed by atoms with Crippen LogP contribution in [0.25, 0.3) is 0 Å². The lowest BCUT2D eigenvalue weighted by atomic mass is 10.1. The van der Waals surface area contributed by atoms with E-state index in [1.54, 1.807) is 0 Å². The predicted octanol–water partition coefficient (Wildman–Crippen LogP) is 2.94. The number of halogens is 1. The van der Waals surface area contributed by atoms with Crippen LogP contribution in [0.1, 0.15) is 32.4 Å². The second-order valence-corrected chi connectivity index (χ2v) is 4.63. The highest BCUT2D eigenvalue weighted by atomic mass is 35.5. The molecule has 1 aromatic rings. The molecule has 0 bridgehead atoms. The first-order valence-electron chi connectivity index (χ1n) is 5.67. The topological polar surface area (TPSA) is 38.3 Å². The second-order valence-electron chi connectivity index (χ2n) is 4.20. The summed E-state index contributed by atoms with van der Waals surface area (Å²) in [5.74, 6) is -0.242. The van der Waals surface area contributed by atoms with Gasteiger partial charge < -0.3 is 10.1 Å². The van der Waals surface area contributed by atoms with Gasteiger partial charge in [-0.05, 0) is 38.5 Å². The van der Waals surface area contributed by atoms with Crippen LogP contribution >= 0.6 is 11.6 Å². The van der Waals surface area contributed by atoms with Gasteiger partial charge in [-0.3, -0.25) is 4.79 Å². The van der Waals surface area contributed by atoms with Gasteiger partial charge in [-0.25, -0.2) is 0 Å². The number of nitrogens with one attached hydrogen (secondary N) is 1. The van der Waals surface area contributed by atoms with Gasteiger partial charge >= 0.3 is 5.97 Å². The van der Waals surface area contributed by atoms with E-state index < -0.39 is 0 Å². The van der Waals surface area contributed by atoms with Crippen LogP contribution in [0.15, 0.2) is 24.3 Å². The molecule has 0 heterocycles. The molecule has 0 aliphatic rings.